The number of hydrogen-bond donors (Lipinski definition) is 0. The summed E-state index contributed by atoms with van der Waals surface area (Å²) in [6.07, 6.45) is 1.89. The summed E-state index contributed by atoms with van der Waals surface area (Å²) in [4.78, 5) is 11.7. The van der Waals surface area contributed by atoms with Crippen LogP contribution in [0, 0.1) is 6.92 Å². The SMILES string of the molecule is Cc1cc(Br)cnc1N1CCN(CCN(C)C)CC1. The number of rotatable bonds is 4. The number of halogens is 1. The molecule has 1 aromatic rings. The van der Waals surface area contributed by atoms with E-state index in [4.69, 9.17) is 0 Å². The van der Waals surface area contributed by atoms with Crippen LogP contribution in [0.4, 0.5) is 5.82 Å². The number of piperazine rings is 1. The van der Waals surface area contributed by atoms with Gasteiger partial charge in [0.15, 0.2) is 0 Å². The lowest BCUT2D eigenvalue weighted by Gasteiger charge is -2.36. The van der Waals surface area contributed by atoms with Gasteiger partial charge in [0.25, 0.3) is 0 Å². The third-order valence-corrected chi connectivity index (χ3v) is 3.99. The Hall–Kier alpha value is -0.650. The van der Waals surface area contributed by atoms with E-state index in [-0.39, 0.29) is 0 Å². The maximum Gasteiger partial charge on any atom is 0.131 e. The molecule has 1 aliphatic heterocycles. The van der Waals surface area contributed by atoms with E-state index < -0.39 is 0 Å². The molecule has 106 valence electrons. The summed E-state index contributed by atoms with van der Waals surface area (Å²) in [5.41, 5.74) is 1.25. The molecular weight excluding hydrogens is 304 g/mol. The first-order valence-electron chi connectivity index (χ1n) is 6.80. The van der Waals surface area contributed by atoms with Crippen molar-refractivity contribution in [2.75, 3.05) is 58.3 Å². The molecule has 1 aliphatic rings. The molecule has 0 aliphatic carbocycles. The van der Waals surface area contributed by atoms with E-state index in [0.717, 1.165) is 49.6 Å². The molecule has 5 heteroatoms. The first-order valence-corrected chi connectivity index (χ1v) is 7.60. The van der Waals surface area contributed by atoms with Gasteiger partial charge in [-0.3, -0.25) is 4.90 Å². The van der Waals surface area contributed by atoms with Crippen LogP contribution in [0.1, 0.15) is 5.56 Å². The van der Waals surface area contributed by atoms with Crippen molar-refractivity contribution in [3.8, 4) is 0 Å². The molecule has 4 nitrogen and oxygen atoms in total. The van der Waals surface area contributed by atoms with Crippen molar-refractivity contribution in [2.24, 2.45) is 0 Å². The van der Waals surface area contributed by atoms with Crippen molar-refractivity contribution >= 4 is 21.7 Å². The standard InChI is InChI=1S/C14H23BrN4/c1-12-10-13(15)11-16-14(12)19-8-6-18(7-9-19)5-4-17(2)3/h10-11H,4-9H2,1-3H3. The number of pyridine rings is 1. The number of hydrogen-bond acceptors (Lipinski definition) is 4. The van der Waals surface area contributed by atoms with Gasteiger partial charge >= 0.3 is 0 Å². The minimum absolute atomic E-state index is 1.05. The molecule has 1 fully saturated rings. The highest BCUT2D eigenvalue weighted by Gasteiger charge is 2.19. The van der Waals surface area contributed by atoms with Crippen LogP contribution in [0.15, 0.2) is 16.7 Å². The Balaban J connectivity index is 1.89. The highest BCUT2D eigenvalue weighted by Crippen LogP contribution is 2.21. The van der Waals surface area contributed by atoms with Crippen LogP contribution in [0.2, 0.25) is 0 Å². The summed E-state index contributed by atoms with van der Waals surface area (Å²) >= 11 is 3.47. The number of aryl methyl sites for hydroxylation is 1. The fraction of sp³-hybridized carbons (Fsp3) is 0.643. The zero-order chi connectivity index (χ0) is 13.8. The lowest BCUT2D eigenvalue weighted by molar-refractivity contribution is 0.229. The Morgan fingerprint density at radius 2 is 1.95 bits per heavy atom. The molecule has 1 aromatic heterocycles. The van der Waals surface area contributed by atoms with E-state index >= 15 is 0 Å². The van der Waals surface area contributed by atoms with Crippen molar-refractivity contribution in [1.29, 1.82) is 0 Å². The predicted molar refractivity (Wildman–Crippen MR) is 83.9 cm³/mol. The number of aromatic nitrogens is 1. The molecule has 0 spiro atoms. The molecular formula is C14H23BrN4. The molecule has 0 saturated carbocycles. The van der Waals surface area contributed by atoms with Crippen molar-refractivity contribution in [3.05, 3.63) is 22.3 Å². The van der Waals surface area contributed by atoms with Crippen molar-refractivity contribution in [3.63, 3.8) is 0 Å². The van der Waals surface area contributed by atoms with Gasteiger partial charge in [0.1, 0.15) is 5.82 Å². The third-order valence-electron chi connectivity index (χ3n) is 3.55. The van der Waals surface area contributed by atoms with Gasteiger partial charge in [-0.15, -0.1) is 0 Å². The van der Waals surface area contributed by atoms with Gasteiger partial charge in [0.2, 0.25) is 0 Å². The van der Waals surface area contributed by atoms with Crippen molar-refractivity contribution in [2.45, 2.75) is 6.92 Å². The maximum atomic E-state index is 4.55. The largest absolute Gasteiger partial charge is 0.354 e. The van der Waals surface area contributed by atoms with Gasteiger partial charge < -0.3 is 9.80 Å². The zero-order valence-corrected chi connectivity index (χ0v) is 13.7. The van der Waals surface area contributed by atoms with Gasteiger partial charge in [0.05, 0.1) is 0 Å². The van der Waals surface area contributed by atoms with Crippen molar-refractivity contribution in [1.82, 2.24) is 14.8 Å². The van der Waals surface area contributed by atoms with Crippen LogP contribution in [0.5, 0.6) is 0 Å². The summed E-state index contributed by atoms with van der Waals surface area (Å²) in [5, 5.41) is 0. The summed E-state index contributed by atoms with van der Waals surface area (Å²) in [6.45, 7) is 8.83. The Morgan fingerprint density at radius 1 is 1.26 bits per heavy atom. The minimum atomic E-state index is 1.05. The van der Waals surface area contributed by atoms with Crippen LogP contribution in [-0.2, 0) is 0 Å². The summed E-state index contributed by atoms with van der Waals surface area (Å²) in [5.74, 6) is 1.13. The monoisotopic (exact) mass is 326 g/mol. The van der Waals surface area contributed by atoms with E-state index in [9.17, 15) is 0 Å². The average molecular weight is 327 g/mol. The Morgan fingerprint density at radius 3 is 2.53 bits per heavy atom. The first kappa shape index (κ1) is 14.8. The van der Waals surface area contributed by atoms with E-state index in [1.165, 1.54) is 5.56 Å². The van der Waals surface area contributed by atoms with Gasteiger partial charge in [-0.05, 0) is 48.6 Å². The molecule has 2 heterocycles. The number of likely N-dealkylation sites (N-methyl/N-ethyl adjacent to an activating group) is 1. The molecule has 0 unspecified atom stereocenters. The molecule has 1 saturated heterocycles. The third kappa shape index (κ3) is 4.16. The Labute approximate surface area is 124 Å². The highest BCUT2D eigenvalue weighted by molar-refractivity contribution is 9.10. The molecule has 0 amide bonds. The Kier molecular flexibility index (Phi) is 5.19. The average Bonchev–Trinajstić information content (AvgIpc) is 2.37. The molecule has 0 aromatic carbocycles. The second kappa shape index (κ2) is 6.68. The normalized spacial score (nSPS) is 17.2. The molecule has 19 heavy (non-hydrogen) atoms. The molecule has 0 radical (unpaired) electrons. The first-order chi connectivity index (χ1) is 9.06. The van der Waals surface area contributed by atoms with Gasteiger partial charge in [-0.1, -0.05) is 0 Å². The van der Waals surface area contributed by atoms with Crippen LogP contribution in [0.3, 0.4) is 0 Å². The molecule has 0 bridgehead atoms. The quantitative estimate of drug-likeness (QED) is 0.842. The number of anilines is 1. The maximum absolute atomic E-state index is 4.55. The predicted octanol–water partition coefficient (Wildman–Crippen LogP) is 1.84. The minimum Gasteiger partial charge on any atom is -0.354 e. The van der Waals surface area contributed by atoms with Crippen LogP contribution >= 0.6 is 15.9 Å². The van der Waals surface area contributed by atoms with Gasteiger partial charge in [-0.2, -0.15) is 0 Å². The highest BCUT2D eigenvalue weighted by atomic mass is 79.9. The topological polar surface area (TPSA) is 22.6 Å². The number of nitrogens with zero attached hydrogens (tertiary/aromatic N) is 4. The second-order valence-electron chi connectivity index (χ2n) is 5.43. The Bertz CT molecular complexity index is 414. The lowest BCUT2D eigenvalue weighted by Crippen LogP contribution is -2.48. The second-order valence-corrected chi connectivity index (χ2v) is 6.34. The summed E-state index contributed by atoms with van der Waals surface area (Å²) in [6, 6.07) is 2.14. The smallest absolute Gasteiger partial charge is 0.131 e. The van der Waals surface area contributed by atoms with Crippen LogP contribution < -0.4 is 4.90 Å². The molecule has 0 atom stereocenters. The zero-order valence-electron chi connectivity index (χ0n) is 12.1. The van der Waals surface area contributed by atoms with Gasteiger partial charge in [0, 0.05) is 49.9 Å². The van der Waals surface area contributed by atoms with Crippen LogP contribution in [-0.4, -0.2) is 68.1 Å². The fourth-order valence-electron chi connectivity index (χ4n) is 2.39. The van der Waals surface area contributed by atoms with E-state index in [2.05, 4.69) is 62.7 Å². The summed E-state index contributed by atoms with van der Waals surface area (Å²) < 4.78 is 1.05. The van der Waals surface area contributed by atoms with E-state index in [1.807, 2.05) is 6.20 Å². The van der Waals surface area contributed by atoms with E-state index in [0.29, 0.717) is 0 Å². The fourth-order valence-corrected chi connectivity index (χ4v) is 2.83. The van der Waals surface area contributed by atoms with E-state index in [1.54, 1.807) is 0 Å². The van der Waals surface area contributed by atoms with Gasteiger partial charge in [-0.25, -0.2) is 4.98 Å². The van der Waals surface area contributed by atoms with Crippen LogP contribution in [0.25, 0.3) is 0 Å². The lowest BCUT2D eigenvalue weighted by atomic mass is 10.2. The molecule has 0 N–H and O–H groups in total. The summed E-state index contributed by atoms with van der Waals surface area (Å²) in [7, 11) is 4.26. The molecule has 2 rings (SSSR count). The van der Waals surface area contributed by atoms with Crippen molar-refractivity contribution < 1.29 is 0 Å².